The maximum atomic E-state index is 13.1. The lowest BCUT2D eigenvalue weighted by Gasteiger charge is -2.31. The van der Waals surface area contributed by atoms with Gasteiger partial charge in [0.2, 0.25) is 0 Å². The van der Waals surface area contributed by atoms with E-state index in [0.717, 1.165) is 28.1 Å². The van der Waals surface area contributed by atoms with Gasteiger partial charge in [0.1, 0.15) is 5.75 Å². The van der Waals surface area contributed by atoms with Crippen LogP contribution in [0.5, 0.6) is 5.75 Å². The number of benzene rings is 2. The summed E-state index contributed by atoms with van der Waals surface area (Å²) in [4.78, 5) is 33.1. The van der Waals surface area contributed by atoms with Gasteiger partial charge in [0.05, 0.1) is 20.8 Å². The Hall–Kier alpha value is -2.64. The maximum Gasteiger partial charge on any atom is 0.259 e. The second kappa shape index (κ2) is 9.24. The van der Waals surface area contributed by atoms with Crippen LogP contribution in [0.1, 0.15) is 34.1 Å². The van der Waals surface area contributed by atoms with Crippen molar-refractivity contribution in [3.05, 3.63) is 58.1 Å². The van der Waals surface area contributed by atoms with Gasteiger partial charge in [-0.2, -0.15) is 0 Å². The van der Waals surface area contributed by atoms with Crippen molar-refractivity contribution in [1.29, 1.82) is 0 Å². The summed E-state index contributed by atoms with van der Waals surface area (Å²) in [6, 6.07) is 12.9. The van der Waals surface area contributed by atoms with E-state index in [0.29, 0.717) is 35.3 Å². The van der Waals surface area contributed by atoms with Gasteiger partial charge in [0, 0.05) is 38.1 Å². The predicted molar refractivity (Wildman–Crippen MR) is 123 cm³/mol. The number of aromatic nitrogens is 1. The molecule has 0 spiro atoms. The number of rotatable bonds is 5. The van der Waals surface area contributed by atoms with Gasteiger partial charge in [0.25, 0.3) is 11.8 Å². The standard InChI is InChI=1S/C23H24ClN3O3S/c1-26(2)21(28)14-30-19-6-4-3-5-17(19)23(29)27-11-9-15(10-12-27)22-25-18-13-16(24)7-8-20(18)31-22/h3-8,13,15H,9-12,14H2,1-2H3. The molecule has 162 valence electrons. The van der Waals surface area contributed by atoms with Crippen LogP contribution in [-0.4, -0.2) is 60.4 Å². The van der Waals surface area contributed by atoms with Gasteiger partial charge >= 0.3 is 0 Å². The van der Waals surface area contributed by atoms with Crippen molar-refractivity contribution in [3.8, 4) is 5.75 Å². The lowest BCUT2D eigenvalue weighted by atomic mass is 9.97. The van der Waals surface area contributed by atoms with Crippen molar-refractivity contribution in [1.82, 2.24) is 14.8 Å². The molecule has 8 heteroatoms. The quantitative estimate of drug-likeness (QED) is 0.568. The second-order valence-corrected chi connectivity index (χ2v) is 9.30. The molecule has 2 amide bonds. The lowest BCUT2D eigenvalue weighted by Crippen LogP contribution is -2.38. The molecule has 1 aromatic heterocycles. The van der Waals surface area contributed by atoms with Crippen LogP contribution in [0.4, 0.5) is 0 Å². The molecular weight excluding hydrogens is 434 g/mol. The number of ether oxygens (including phenoxy) is 1. The van der Waals surface area contributed by atoms with Gasteiger partial charge in [-0.3, -0.25) is 9.59 Å². The average molecular weight is 458 g/mol. The molecule has 2 heterocycles. The Balaban J connectivity index is 1.42. The summed E-state index contributed by atoms with van der Waals surface area (Å²) >= 11 is 7.79. The van der Waals surface area contributed by atoms with Gasteiger partial charge < -0.3 is 14.5 Å². The van der Waals surface area contributed by atoms with Crippen molar-refractivity contribution < 1.29 is 14.3 Å². The van der Waals surface area contributed by atoms with E-state index in [-0.39, 0.29) is 18.4 Å². The van der Waals surface area contributed by atoms with Gasteiger partial charge in [-0.25, -0.2) is 4.98 Å². The molecule has 0 N–H and O–H groups in total. The highest BCUT2D eigenvalue weighted by molar-refractivity contribution is 7.18. The number of para-hydroxylation sites is 1. The Morgan fingerprint density at radius 3 is 2.68 bits per heavy atom. The zero-order valence-corrected chi connectivity index (χ0v) is 19.1. The highest BCUT2D eigenvalue weighted by atomic mass is 35.5. The first-order chi connectivity index (χ1) is 14.9. The zero-order valence-electron chi connectivity index (χ0n) is 17.5. The number of carbonyl (C=O) groups excluding carboxylic acids is 2. The second-order valence-electron chi connectivity index (χ2n) is 7.80. The highest BCUT2D eigenvalue weighted by Crippen LogP contribution is 2.35. The number of hydrogen-bond donors (Lipinski definition) is 0. The maximum absolute atomic E-state index is 13.1. The molecule has 0 unspecified atom stereocenters. The Kier molecular flexibility index (Phi) is 6.43. The Bertz CT molecular complexity index is 1110. The van der Waals surface area contributed by atoms with E-state index < -0.39 is 0 Å². The first-order valence-corrected chi connectivity index (χ1v) is 11.4. The number of carbonyl (C=O) groups is 2. The number of fused-ring (bicyclic) bond motifs is 1. The van der Waals surface area contributed by atoms with E-state index in [9.17, 15) is 9.59 Å². The molecule has 1 saturated heterocycles. The third kappa shape index (κ3) is 4.83. The molecule has 0 bridgehead atoms. The van der Waals surface area contributed by atoms with Crippen molar-refractivity contribution >= 4 is 45.0 Å². The molecule has 3 aromatic rings. The fraction of sp³-hybridized carbons (Fsp3) is 0.348. The molecule has 0 atom stereocenters. The third-order valence-corrected chi connectivity index (χ3v) is 6.90. The van der Waals surface area contributed by atoms with Crippen LogP contribution >= 0.6 is 22.9 Å². The highest BCUT2D eigenvalue weighted by Gasteiger charge is 2.28. The number of piperidine rings is 1. The lowest BCUT2D eigenvalue weighted by molar-refractivity contribution is -0.130. The summed E-state index contributed by atoms with van der Waals surface area (Å²) in [5, 5.41) is 1.80. The molecule has 6 nitrogen and oxygen atoms in total. The number of likely N-dealkylation sites (N-methyl/N-ethyl adjacent to an activating group) is 1. The number of halogens is 1. The molecule has 0 aliphatic carbocycles. The van der Waals surface area contributed by atoms with E-state index >= 15 is 0 Å². The minimum atomic E-state index is -0.153. The molecule has 4 rings (SSSR count). The van der Waals surface area contributed by atoms with Crippen molar-refractivity contribution in [2.75, 3.05) is 33.8 Å². The van der Waals surface area contributed by atoms with Crippen LogP contribution < -0.4 is 4.74 Å². The zero-order chi connectivity index (χ0) is 22.0. The van der Waals surface area contributed by atoms with E-state index in [1.165, 1.54) is 4.90 Å². The topological polar surface area (TPSA) is 62.7 Å². The van der Waals surface area contributed by atoms with E-state index in [1.54, 1.807) is 43.6 Å². The van der Waals surface area contributed by atoms with Crippen molar-refractivity contribution in [2.24, 2.45) is 0 Å². The summed E-state index contributed by atoms with van der Waals surface area (Å²) in [6.07, 6.45) is 1.73. The average Bonchev–Trinajstić information content (AvgIpc) is 3.20. The Morgan fingerprint density at radius 2 is 1.94 bits per heavy atom. The van der Waals surface area contributed by atoms with Gasteiger partial charge in [-0.15, -0.1) is 11.3 Å². The Labute approximate surface area is 190 Å². The monoisotopic (exact) mass is 457 g/mol. The van der Waals surface area contributed by atoms with Gasteiger partial charge in [0.15, 0.2) is 6.61 Å². The fourth-order valence-electron chi connectivity index (χ4n) is 3.63. The smallest absolute Gasteiger partial charge is 0.259 e. The first kappa shape index (κ1) is 21.6. The number of nitrogens with zero attached hydrogens (tertiary/aromatic N) is 3. The number of amides is 2. The molecule has 0 saturated carbocycles. The van der Waals surface area contributed by atoms with Crippen molar-refractivity contribution in [3.63, 3.8) is 0 Å². The summed E-state index contributed by atoms with van der Waals surface area (Å²) < 4.78 is 6.78. The predicted octanol–water partition coefficient (Wildman–Crippen LogP) is 4.44. The van der Waals surface area contributed by atoms with Crippen LogP contribution in [0.2, 0.25) is 5.02 Å². The van der Waals surface area contributed by atoms with E-state index in [4.69, 9.17) is 21.3 Å². The first-order valence-electron chi connectivity index (χ1n) is 10.2. The molecule has 2 aromatic carbocycles. The summed E-state index contributed by atoms with van der Waals surface area (Å²) in [7, 11) is 3.35. The number of hydrogen-bond acceptors (Lipinski definition) is 5. The normalized spacial score (nSPS) is 14.6. The molecule has 31 heavy (non-hydrogen) atoms. The van der Waals surface area contributed by atoms with Crippen LogP contribution in [0.25, 0.3) is 10.2 Å². The summed E-state index contributed by atoms with van der Waals surface area (Å²) in [6.45, 7) is 1.22. The summed E-state index contributed by atoms with van der Waals surface area (Å²) in [5.74, 6) is 0.555. The minimum Gasteiger partial charge on any atom is -0.483 e. The van der Waals surface area contributed by atoms with Crippen LogP contribution in [0.15, 0.2) is 42.5 Å². The van der Waals surface area contributed by atoms with E-state index in [2.05, 4.69) is 0 Å². The fourth-order valence-corrected chi connectivity index (χ4v) is 4.91. The van der Waals surface area contributed by atoms with Crippen LogP contribution in [0, 0.1) is 0 Å². The largest absolute Gasteiger partial charge is 0.483 e. The number of likely N-dealkylation sites (tertiary alicyclic amines) is 1. The van der Waals surface area contributed by atoms with Crippen LogP contribution in [-0.2, 0) is 4.79 Å². The molecule has 0 radical (unpaired) electrons. The molecule has 1 aliphatic rings. The summed E-state index contributed by atoms with van der Waals surface area (Å²) in [5.41, 5.74) is 1.42. The van der Waals surface area contributed by atoms with Gasteiger partial charge in [-0.05, 0) is 43.2 Å². The SMILES string of the molecule is CN(C)C(=O)COc1ccccc1C(=O)N1CCC(c2nc3cc(Cl)ccc3s2)CC1. The number of thiazole rings is 1. The molecular formula is C23H24ClN3O3S. The molecule has 1 aliphatic heterocycles. The molecule has 1 fully saturated rings. The van der Waals surface area contributed by atoms with E-state index in [1.807, 2.05) is 29.2 Å². The third-order valence-electron chi connectivity index (χ3n) is 5.46. The van der Waals surface area contributed by atoms with Crippen molar-refractivity contribution in [2.45, 2.75) is 18.8 Å². The Morgan fingerprint density at radius 1 is 1.19 bits per heavy atom. The van der Waals surface area contributed by atoms with Crippen LogP contribution in [0.3, 0.4) is 0 Å². The minimum absolute atomic E-state index is 0.0672. The van der Waals surface area contributed by atoms with Gasteiger partial charge in [-0.1, -0.05) is 23.7 Å².